The second kappa shape index (κ2) is 8.26. The second-order valence-electron chi connectivity index (χ2n) is 4.69. The molecular weight excluding hydrogens is 294 g/mol. The van der Waals surface area contributed by atoms with Crippen LogP contribution in [0, 0.1) is 0 Å². The molecule has 0 aliphatic heterocycles. The minimum absolute atomic E-state index is 0.0110. The molecule has 3 N–H and O–H groups in total. The van der Waals surface area contributed by atoms with E-state index in [0.717, 1.165) is 0 Å². The third-order valence-corrected chi connectivity index (χ3v) is 2.63. The van der Waals surface area contributed by atoms with Crippen LogP contribution in [-0.2, 0) is 9.59 Å². The number of amides is 3. The van der Waals surface area contributed by atoms with E-state index in [1.54, 1.807) is 18.2 Å². The molecule has 114 valence electrons. The Labute approximate surface area is 128 Å². The summed E-state index contributed by atoms with van der Waals surface area (Å²) in [7, 11) is 0. The van der Waals surface area contributed by atoms with Gasteiger partial charge in [-0.1, -0.05) is 17.7 Å². The predicted octanol–water partition coefficient (Wildman–Crippen LogP) is 0.711. The fraction of sp³-hybridized carbons (Fsp3) is 0.357. The number of hydrogen-bond acceptors (Lipinski definition) is 3. The van der Waals surface area contributed by atoms with Crippen LogP contribution in [0.2, 0.25) is 5.02 Å². The number of hydrogen-bond donors (Lipinski definition) is 3. The third kappa shape index (κ3) is 6.76. The molecule has 0 spiro atoms. The molecule has 0 atom stereocenters. The van der Waals surface area contributed by atoms with Gasteiger partial charge in [0.15, 0.2) is 0 Å². The molecule has 21 heavy (non-hydrogen) atoms. The Balaban J connectivity index is 2.33. The van der Waals surface area contributed by atoms with Crippen LogP contribution in [-0.4, -0.2) is 36.9 Å². The molecule has 1 aromatic carbocycles. The Kier molecular flexibility index (Phi) is 6.68. The average molecular weight is 312 g/mol. The molecule has 3 amide bonds. The van der Waals surface area contributed by atoms with Crippen molar-refractivity contribution in [2.45, 2.75) is 19.9 Å². The normalized spacial score (nSPS) is 10.1. The predicted molar refractivity (Wildman–Crippen MR) is 80.1 cm³/mol. The number of rotatable bonds is 6. The van der Waals surface area contributed by atoms with Crippen molar-refractivity contribution < 1.29 is 14.4 Å². The molecule has 0 aliphatic rings. The quantitative estimate of drug-likeness (QED) is 0.723. The summed E-state index contributed by atoms with van der Waals surface area (Å²) in [5.74, 6) is -1.12. The smallest absolute Gasteiger partial charge is 0.251 e. The molecule has 0 saturated carbocycles. The van der Waals surface area contributed by atoms with Crippen LogP contribution in [0.3, 0.4) is 0 Å². The number of carbonyl (C=O) groups excluding carboxylic acids is 3. The summed E-state index contributed by atoms with van der Waals surface area (Å²) in [6, 6.07) is 6.41. The second-order valence-corrected chi connectivity index (χ2v) is 5.13. The highest BCUT2D eigenvalue weighted by Crippen LogP contribution is 2.10. The van der Waals surface area contributed by atoms with Crippen molar-refractivity contribution >= 4 is 29.3 Å². The Morgan fingerprint density at radius 1 is 1.10 bits per heavy atom. The lowest BCUT2D eigenvalue weighted by atomic mass is 10.2. The van der Waals surface area contributed by atoms with Crippen molar-refractivity contribution in [2.75, 3.05) is 13.1 Å². The highest BCUT2D eigenvalue weighted by molar-refractivity contribution is 6.30. The van der Waals surface area contributed by atoms with Gasteiger partial charge in [0.05, 0.1) is 13.1 Å². The minimum atomic E-state index is -0.440. The molecular formula is C14H18ClN3O3. The molecule has 1 rings (SSSR count). The molecule has 0 bridgehead atoms. The van der Waals surface area contributed by atoms with Gasteiger partial charge in [-0.15, -0.1) is 0 Å². The molecule has 0 aromatic heterocycles. The fourth-order valence-electron chi connectivity index (χ4n) is 1.51. The first-order chi connectivity index (χ1) is 9.88. The van der Waals surface area contributed by atoms with E-state index in [2.05, 4.69) is 16.0 Å². The monoisotopic (exact) mass is 311 g/mol. The Hall–Kier alpha value is -2.08. The molecule has 0 aliphatic carbocycles. The maximum absolute atomic E-state index is 11.8. The van der Waals surface area contributed by atoms with Gasteiger partial charge >= 0.3 is 0 Å². The van der Waals surface area contributed by atoms with Crippen LogP contribution in [0.4, 0.5) is 0 Å². The first-order valence-corrected chi connectivity index (χ1v) is 6.86. The summed E-state index contributed by atoms with van der Waals surface area (Å²) in [5, 5.41) is 7.94. The van der Waals surface area contributed by atoms with E-state index in [0.29, 0.717) is 10.6 Å². The fourth-order valence-corrected chi connectivity index (χ4v) is 1.70. The van der Waals surface area contributed by atoms with Crippen LogP contribution in [0.5, 0.6) is 0 Å². The first-order valence-electron chi connectivity index (χ1n) is 6.48. The van der Waals surface area contributed by atoms with Crippen molar-refractivity contribution in [3.8, 4) is 0 Å². The van der Waals surface area contributed by atoms with Crippen LogP contribution in [0.25, 0.3) is 0 Å². The zero-order valence-electron chi connectivity index (χ0n) is 11.9. The summed E-state index contributed by atoms with van der Waals surface area (Å²) < 4.78 is 0. The third-order valence-electron chi connectivity index (χ3n) is 2.39. The molecule has 7 heteroatoms. The summed E-state index contributed by atoms with van der Waals surface area (Å²) in [5.41, 5.74) is 0.368. The maximum atomic E-state index is 11.8. The maximum Gasteiger partial charge on any atom is 0.251 e. The lowest BCUT2D eigenvalue weighted by Gasteiger charge is -2.09. The van der Waals surface area contributed by atoms with Gasteiger partial charge in [0.2, 0.25) is 11.8 Å². The van der Waals surface area contributed by atoms with Crippen molar-refractivity contribution in [3.05, 3.63) is 34.9 Å². The largest absolute Gasteiger partial charge is 0.352 e. The Morgan fingerprint density at radius 2 is 1.76 bits per heavy atom. The van der Waals surface area contributed by atoms with E-state index in [9.17, 15) is 14.4 Å². The zero-order valence-corrected chi connectivity index (χ0v) is 12.7. The number of nitrogens with one attached hydrogen (secondary N) is 3. The SMILES string of the molecule is CC(C)NC(=O)CNC(=O)CNC(=O)c1cccc(Cl)c1. The number of halogens is 1. The molecule has 0 fully saturated rings. The topological polar surface area (TPSA) is 87.3 Å². The number of benzene rings is 1. The van der Waals surface area contributed by atoms with Gasteiger partial charge < -0.3 is 16.0 Å². The van der Waals surface area contributed by atoms with E-state index in [-0.39, 0.29) is 25.0 Å². The van der Waals surface area contributed by atoms with Crippen molar-refractivity contribution in [1.29, 1.82) is 0 Å². The lowest BCUT2D eigenvalue weighted by molar-refractivity contribution is -0.125. The van der Waals surface area contributed by atoms with E-state index in [4.69, 9.17) is 11.6 Å². The zero-order chi connectivity index (χ0) is 15.8. The Morgan fingerprint density at radius 3 is 2.38 bits per heavy atom. The molecule has 0 saturated heterocycles. The van der Waals surface area contributed by atoms with E-state index < -0.39 is 11.8 Å². The van der Waals surface area contributed by atoms with Crippen LogP contribution in [0.1, 0.15) is 24.2 Å². The first kappa shape index (κ1) is 17.0. The molecule has 6 nitrogen and oxygen atoms in total. The standard InChI is InChI=1S/C14H18ClN3O3/c1-9(2)18-13(20)8-16-12(19)7-17-14(21)10-4-3-5-11(15)6-10/h3-6,9H,7-8H2,1-2H3,(H,16,19)(H,17,21)(H,18,20). The molecule has 0 heterocycles. The Bertz CT molecular complexity index is 532. The van der Waals surface area contributed by atoms with E-state index in [1.165, 1.54) is 6.07 Å². The summed E-state index contributed by atoms with van der Waals surface area (Å²) in [4.78, 5) is 34.6. The van der Waals surface area contributed by atoms with Gasteiger partial charge in [0.25, 0.3) is 5.91 Å². The van der Waals surface area contributed by atoms with Crippen molar-refractivity contribution in [2.24, 2.45) is 0 Å². The van der Waals surface area contributed by atoms with Gasteiger partial charge in [-0.3, -0.25) is 14.4 Å². The van der Waals surface area contributed by atoms with E-state index >= 15 is 0 Å². The van der Waals surface area contributed by atoms with E-state index in [1.807, 2.05) is 13.8 Å². The van der Waals surface area contributed by atoms with Crippen LogP contribution < -0.4 is 16.0 Å². The highest BCUT2D eigenvalue weighted by atomic mass is 35.5. The average Bonchev–Trinajstić information content (AvgIpc) is 2.41. The molecule has 0 unspecified atom stereocenters. The van der Waals surface area contributed by atoms with Crippen molar-refractivity contribution in [3.63, 3.8) is 0 Å². The van der Waals surface area contributed by atoms with Gasteiger partial charge in [0.1, 0.15) is 0 Å². The van der Waals surface area contributed by atoms with Gasteiger partial charge in [-0.2, -0.15) is 0 Å². The van der Waals surface area contributed by atoms with Gasteiger partial charge in [-0.05, 0) is 32.0 Å². The van der Waals surface area contributed by atoms with Gasteiger partial charge in [0, 0.05) is 16.6 Å². The summed E-state index contributed by atoms with van der Waals surface area (Å²) in [6.45, 7) is 3.32. The van der Waals surface area contributed by atoms with Crippen molar-refractivity contribution in [1.82, 2.24) is 16.0 Å². The van der Waals surface area contributed by atoms with Gasteiger partial charge in [-0.25, -0.2) is 0 Å². The van der Waals surface area contributed by atoms with Crippen LogP contribution >= 0.6 is 11.6 Å². The molecule has 0 radical (unpaired) electrons. The summed E-state index contributed by atoms with van der Waals surface area (Å²) >= 11 is 5.77. The molecule has 1 aromatic rings. The van der Waals surface area contributed by atoms with Crippen LogP contribution in [0.15, 0.2) is 24.3 Å². The summed E-state index contributed by atoms with van der Waals surface area (Å²) in [6.07, 6.45) is 0. The highest BCUT2D eigenvalue weighted by Gasteiger charge is 2.09. The minimum Gasteiger partial charge on any atom is -0.352 e. The number of carbonyl (C=O) groups is 3. The lowest BCUT2D eigenvalue weighted by Crippen LogP contribution is -2.43.